The summed E-state index contributed by atoms with van der Waals surface area (Å²) in [4.78, 5) is 36.9. The molecule has 0 aliphatic rings. The summed E-state index contributed by atoms with van der Waals surface area (Å²) < 4.78 is 0. The molecule has 5 N–H and O–H groups in total. The van der Waals surface area contributed by atoms with Gasteiger partial charge in [-0.05, 0) is 17.9 Å². The molecule has 0 aliphatic carbocycles. The summed E-state index contributed by atoms with van der Waals surface area (Å²) in [6.07, 6.45) is 0.212. The molecule has 0 saturated heterocycles. The van der Waals surface area contributed by atoms with Crippen LogP contribution in [0, 0.1) is 11.8 Å². The quantitative estimate of drug-likeness (QED) is 0.313. The molecule has 3 amide bonds. The van der Waals surface area contributed by atoms with E-state index < -0.39 is 35.3 Å². The monoisotopic (exact) mass is 379 g/mol. The van der Waals surface area contributed by atoms with Crippen LogP contribution < -0.4 is 16.1 Å². The molecule has 0 saturated carbocycles. The highest BCUT2D eigenvalue weighted by Crippen LogP contribution is 2.27. The van der Waals surface area contributed by atoms with Crippen molar-refractivity contribution < 1.29 is 24.7 Å². The van der Waals surface area contributed by atoms with Crippen LogP contribution in [0.5, 0.6) is 0 Å². The van der Waals surface area contributed by atoms with Crippen LogP contribution in [-0.2, 0) is 20.8 Å². The summed E-state index contributed by atoms with van der Waals surface area (Å²) in [7, 11) is 1.45. The van der Waals surface area contributed by atoms with Crippen LogP contribution in [-0.4, -0.2) is 46.7 Å². The summed E-state index contributed by atoms with van der Waals surface area (Å²) in [5.74, 6) is -3.46. The van der Waals surface area contributed by atoms with E-state index in [-0.39, 0.29) is 18.8 Å². The van der Waals surface area contributed by atoms with E-state index in [1.807, 2.05) is 30.3 Å². The molecule has 0 unspecified atom stereocenters. The maximum atomic E-state index is 12.9. The molecule has 8 nitrogen and oxygen atoms in total. The number of carbonyl (C=O) groups is 3. The van der Waals surface area contributed by atoms with E-state index in [0.717, 1.165) is 5.56 Å². The molecular weight excluding hydrogens is 350 g/mol. The number of rotatable bonds is 9. The van der Waals surface area contributed by atoms with Gasteiger partial charge in [0.15, 0.2) is 5.60 Å². The summed E-state index contributed by atoms with van der Waals surface area (Å²) in [5.41, 5.74) is 0.221. The van der Waals surface area contributed by atoms with Crippen molar-refractivity contribution in [2.45, 2.75) is 45.3 Å². The lowest BCUT2D eigenvalue weighted by Gasteiger charge is -2.34. The Morgan fingerprint density at radius 3 is 2.15 bits per heavy atom. The van der Waals surface area contributed by atoms with Crippen LogP contribution in [0.2, 0.25) is 0 Å². The SMILES string of the molecule is CNC(=O)[C@H](Cc1ccccc1)NC(=O)[C@](O)(CC(C)C)[C@H](C)C(=O)NO. The Morgan fingerprint density at radius 1 is 1.07 bits per heavy atom. The van der Waals surface area contributed by atoms with E-state index in [1.54, 1.807) is 13.8 Å². The number of hydrogen-bond donors (Lipinski definition) is 5. The maximum Gasteiger partial charge on any atom is 0.253 e. The molecule has 1 aromatic carbocycles. The van der Waals surface area contributed by atoms with Gasteiger partial charge in [0, 0.05) is 13.5 Å². The average molecular weight is 379 g/mol. The van der Waals surface area contributed by atoms with Crippen molar-refractivity contribution in [1.29, 1.82) is 0 Å². The summed E-state index contributed by atoms with van der Waals surface area (Å²) in [6.45, 7) is 4.93. The van der Waals surface area contributed by atoms with Gasteiger partial charge < -0.3 is 15.7 Å². The first-order valence-corrected chi connectivity index (χ1v) is 8.88. The molecule has 1 rings (SSSR count). The topological polar surface area (TPSA) is 128 Å². The average Bonchev–Trinajstić information content (AvgIpc) is 2.65. The fraction of sp³-hybridized carbons (Fsp3) is 0.526. The zero-order valence-corrected chi connectivity index (χ0v) is 16.2. The number of hydrogen-bond acceptors (Lipinski definition) is 5. The van der Waals surface area contributed by atoms with Gasteiger partial charge in [-0.2, -0.15) is 0 Å². The second-order valence-corrected chi connectivity index (χ2v) is 7.05. The lowest BCUT2D eigenvalue weighted by molar-refractivity contribution is -0.159. The lowest BCUT2D eigenvalue weighted by atomic mass is 9.80. The van der Waals surface area contributed by atoms with E-state index in [4.69, 9.17) is 5.21 Å². The van der Waals surface area contributed by atoms with Crippen LogP contribution in [0.3, 0.4) is 0 Å². The summed E-state index contributed by atoms with van der Waals surface area (Å²) >= 11 is 0. The van der Waals surface area contributed by atoms with Crippen LogP contribution >= 0.6 is 0 Å². The first-order valence-electron chi connectivity index (χ1n) is 8.88. The fourth-order valence-electron chi connectivity index (χ4n) is 2.92. The van der Waals surface area contributed by atoms with Gasteiger partial charge >= 0.3 is 0 Å². The highest BCUT2D eigenvalue weighted by Gasteiger charge is 2.46. The van der Waals surface area contributed by atoms with Crippen molar-refractivity contribution in [3.63, 3.8) is 0 Å². The Balaban J connectivity index is 3.09. The van der Waals surface area contributed by atoms with Crippen molar-refractivity contribution in [2.24, 2.45) is 11.8 Å². The fourth-order valence-corrected chi connectivity index (χ4v) is 2.92. The largest absolute Gasteiger partial charge is 0.379 e. The molecule has 1 aromatic rings. The third-order valence-electron chi connectivity index (χ3n) is 4.48. The highest BCUT2D eigenvalue weighted by atomic mass is 16.5. The van der Waals surface area contributed by atoms with Crippen LogP contribution in [0.4, 0.5) is 0 Å². The zero-order valence-electron chi connectivity index (χ0n) is 16.2. The number of likely N-dealkylation sites (N-methyl/N-ethyl adjacent to an activating group) is 1. The molecule has 3 atom stereocenters. The van der Waals surface area contributed by atoms with Crippen molar-refractivity contribution in [2.75, 3.05) is 7.05 Å². The summed E-state index contributed by atoms with van der Waals surface area (Å²) in [6, 6.07) is 8.21. The lowest BCUT2D eigenvalue weighted by Crippen LogP contribution is -2.60. The van der Waals surface area contributed by atoms with Gasteiger partial charge in [0.2, 0.25) is 11.8 Å². The second kappa shape index (κ2) is 10.0. The van der Waals surface area contributed by atoms with Gasteiger partial charge in [-0.3, -0.25) is 19.6 Å². The van der Waals surface area contributed by atoms with Gasteiger partial charge in [0.05, 0.1) is 5.92 Å². The molecule has 150 valence electrons. The molecule has 0 aliphatic heterocycles. The standard InChI is InChI=1S/C19H29N3O5/c1-12(2)11-19(26,13(3)16(23)22-27)18(25)21-15(17(24)20-4)10-14-8-6-5-7-9-14/h5-9,12-13,15,26-27H,10-11H2,1-4H3,(H,20,24)(H,21,25)(H,22,23)/t13-,15+,19+/m1/s1. The molecule has 0 radical (unpaired) electrons. The Labute approximate surface area is 159 Å². The van der Waals surface area contributed by atoms with Crippen LogP contribution in [0.15, 0.2) is 30.3 Å². The Kier molecular flexibility index (Phi) is 8.39. The third kappa shape index (κ3) is 6.04. The molecule has 8 heteroatoms. The Morgan fingerprint density at radius 2 is 1.67 bits per heavy atom. The van der Waals surface area contributed by atoms with Crippen molar-refractivity contribution in [3.8, 4) is 0 Å². The molecule has 0 fully saturated rings. The molecular formula is C19H29N3O5. The first-order chi connectivity index (χ1) is 12.7. The summed E-state index contributed by atoms with van der Waals surface area (Å²) in [5, 5.41) is 24.9. The van der Waals surface area contributed by atoms with E-state index in [2.05, 4.69) is 10.6 Å². The number of aliphatic hydroxyl groups is 1. The molecule has 0 spiro atoms. The molecule has 27 heavy (non-hydrogen) atoms. The third-order valence-corrected chi connectivity index (χ3v) is 4.48. The molecule has 0 aromatic heterocycles. The first kappa shape index (κ1) is 22.6. The van der Waals surface area contributed by atoms with Crippen LogP contribution in [0.25, 0.3) is 0 Å². The number of nitrogens with one attached hydrogen (secondary N) is 3. The van der Waals surface area contributed by atoms with E-state index >= 15 is 0 Å². The van der Waals surface area contributed by atoms with Gasteiger partial charge in [-0.15, -0.1) is 0 Å². The normalized spacial score (nSPS) is 15.4. The van der Waals surface area contributed by atoms with Gasteiger partial charge in [0.1, 0.15) is 6.04 Å². The smallest absolute Gasteiger partial charge is 0.253 e. The number of amides is 3. The zero-order chi connectivity index (χ0) is 20.6. The Bertz CT molecular complexity index is 650. The van der Waals surface area contributed by atoms with Crippen molar-refractivity contribution in [1.82, 2.24) is 16.1 Å². The number of hydroxylamine groups is 1. The van der Waals surface area contributed by atoms with Crippen molar-refractivity contribution >= 4 is 17.7 Å². The van der Waals surface area contributed by atoms with E-state index in [0.29, 0.717) is 0 Å². The number of carbonyl (C=O) groups excluding carboxylic acids is 3. The second-order valence-electron chi connectivity index (χ2n) is 7.05. The number of benzene rings is 1. The van der Waals surface area contributed by atoms with E-state index in [1.165, 1.54) is 19.5 Å². The van der Waals surface area contributed by atoms with Gasteiger partial charge in [0.25, 0.3) is 5.91 Å². The predicted octanol–water partition coefficient (Wildman–Crippen LogP) is 0.379. The molecule has 0 heterocycles. The van der Waals surface area contributed by atoms with Gasteiger partial charge in [-0.1, -0.05) is 51.1 Å². The Hall–Kier alpha value is -2.45. The molecule has 0 bridgehead atoms. The highest BCUT2D eigenvalue weighted by molar-refractivity contribution is 5.95. The van der Waals surface area contributed by atoms with E-state index in [9.17, 15) is 19.5 Å². The minimum absolute atomic E-state index is 0.0147. The predicted molar refractivity (Wildman–Crippen MR) is 99.6 cm³/mol. The van der Waals surface area contributed by atoms with Crippen molar-refractivity contribution in [3.05, 3.63) is 35.9 Å². The minimum Gasteiger partial charge on any atom is -0.379 e. The minimum atomic E-state index is -2.08. The van der Waals surface area contributed by atoms with Crippen LogP contribution in [0.1, 0.15) is 32.8 Å². The van der Waals surface area contributed by atoms with Gasteiger partial charge in [-0.25, -0.2) is 5.48 Å². The maximum absolute atomic E-state index is 12.9.